The average molecular weight is 388 g/mol. The zero-order valence-electron chi connectivity index (χ0n) is 10.8. The highest BCUT2D eigenvalue weighted by Gasteiger charge is 2.23. The molecule has 1 atom stereocenters. The van der Waals surface area contributed by atoms with Gasteiger partial charge in [-0.15, -0.1) is 0 Å². The Bertz CT molecular complexity index is 566. The number of aromatic nitrogens is 2. The van der Waals surface area contributed by atoms with Gasteiger partial charge in [0.25, 0.3) is 0 Å². The van der Waals surface area contributed by atoms with Crippen molar-refractivity contribution >= 4 is 31.9 Å². The minimum atomic E-state index is -0.130. The molecule has 0 saturated heterocycles. The van der Waals surface area contributed by atoms with E-state index in [1.165, 1.54) is 0 Å². The second kappa shape index (κ2) is 6.17. The Morgan fingerprint density at radius 2 is 1.89 bits per heavy atom. The zero-order valence-corrected chi connectivity index (χ0v) is 13.9. The van der Waals surface area contributed by atoms with E-state index in [4.69, 9.17) is 5.84 Å². The van der Waals surface area contributed by atoms with Crippen molar-refractivity contribution < 1.29 is 0 Å². The quantitative estimate of drug-likeness (QED) is 0.623. The van der Waals surface area contributed by atoms with Crippen LogP contribution in [-0.4, -0.2) is 9.78 Å². The van der Waals surface area contributed by atoms with E-state index >= 15 is 0 Å². The molecule has 0 amide bonds. The molecule has 2 rings (SSSR count). The van der Waals surface area contributed by atoms with E-state index < -0.39 is 0 Å². The molecular weight excluding hydrogens is 372 g/mol. The number of hydrogen-bond donors (Lipinski definition) is 2. The summed E-state index contributed by atoms with van der Waals surface area (Å²) in [7, 11) is 0. The Labute approximate surface area is 129 Å². The molecule has 0 bridgehead atoms. The third-order valence-corrected chi connectivity index (χ3v) is 4.27. The third kappa shape index (κ3) is 2.91. The summed E-state index contributed by atoms with van der Waals surface area (Å²) < 4.78 is 3.93. The fraction of sp³-hybridized carbons (Fsp3) is 0.308. The lowest BCUT2D eigenvalue weighted by atomic mass is 10.0. The van der Waals surface area contributed by atoms with Gasteiger partial charge in [-0.25, -0.2) is 5.43 Å². The molecule has 0 spiro atoms. The molecule has 4 nitrogen and oxygen atoms in total. The van der Waals surface area contributed by atoms with Gasteiger partial charge in [0.05, 0.1) is 22.4 Å². The molecule has 102 valence electrons. The number of nitrogens with zero attached hydrogens (tertiary/aromatic N) is 2. The summed E-state index contributed by atoms with van der Waals surface area (Å²) in [6, 6.07) is 8.15. The Morgan fingerprint density at radius 3 is 2.47 bits per heavy atom. The lowest BCUT2D eigenvalue weighted by Gasteiger charge is -2.21. The second-order valence-corrected chi connectivity index (χ2v) is 6.25. The van der Waals surface area contributed by atoms with Crippen molar-refractivity contribution in [1.82, 2.24) is 15.2 Å². The van der Waals surface area contributed by atoms with Gasteiger partial charge in [0.15, 0.2) is 0 Å². The molecule has 2 aromatic rings. The molecule has 0 aliphatic carbocycles. The van der Waals surface area contributed by atoms with Gasteiger partial charge in [0.1, 0.15) is 0 Å². The zero-order chi connectivity index (χ0) is 14.0. The molecule has 6 heteroatoms. The van der Waals surface area contributed by atoms with E-state index in [1.54, 1.807) is 6.20 Å². The molecule has 0 fully saturated rings. The number of hydrazine groups is 1. The highest BCUT2D eigenvalue weighted by Crippen LogP contribution is 2.33. The van der Waals surface area contributed by atoms with Crippen molar-refractivity contribution in [3.8, 4) is 0 Å². The summed E-state index contributed by atoms with van der Waals surface area (Å²) in [5.41, 5.74) is 4.97. The first kappa shape index (κ1) is 14.7. The van der Waals surface area contributed by atoms with Crippen LogP contribution in [0.2, 0.25) is 0 Å². The predicted molar refractivity (Wildman–Crippen MR) is 83.6 cm³/mol. The van der Waals surface area contributed by atoms with Crippen LogP contribution in [0.5, 0.6) is 0 Å². The summed E-state index contributed by atoms with van der Waals surface area (Å²) in [6.45, 7) is 4.19. The van der Waals surface area contributed by atoms with Crippen LogP contribution in [-0.2, 0) is 0 Å². The first-order valence-electron chi connectivity index (χ1n) is 5.99. The predicted octanol–water partition coefficient (Wildman–Crippen LogP) is 3.54. The van der Waals surface area contributed by atoms with Gasteiger partial charge >= 0.3 is 0 Å². The van der Waals surface area contributed by atoms with Crippen molar-refractivity contribution in [1.29, 1.82) is 0 Å². The van der Waals surface area contributed by atoms with Crippen molar-refractivity contribution in [2.45, 2.75) is 25.9 Å². The molecule has 0 radical (unpaired) electrons. The molecule has 0 saturated carbocycles. The van der Waals surface area contributed by atoms with E-state index in [2.05, 4.69) is 56.2 Å². The molecular formula is C13H16Br2N4. The Morgan fingerprint density at radius 1 is 1.21 bits per heavy atom. The number of rotatable bonds is 4. The standard InChI is InChI=1S/C13H16Br2N4/c1-8(2)19-13(11(15)7-17-19)12(18-16)9-5-3-4-6-10(9)14/h3-8,12,18H,16H2,1-2H3. The lowest BCUT2D eigenvalue weighted by molar-refractivity contribution is 0.475. The number of nitrogens with one attached hydrogen (secondary N) is 1. The van der Waals surface area contributed by atoms with Crippen LogP contribution in [0.4, 0.5) is 0 Å². The van der Waals surface area contributed by atoms with Gasteiger partial charge in [-0.05, 0) is 41.4 Å². The summed E-state index contributed by atoms with van der Waals surface area (Å²) in [6.07, 6.45) is 1.80. The second-order valence-electron chi connectivity index (χ2n) is 4.54. The summed E-state index contributed by atoms with van der Waals surface area (Å²) in [5, 5.41) is 4.40. The van der Waals surface area contributed by atoms with Crippen LogP contribution in [0.15, 0.2) is 39.4 Å². The number of halogens is 2. The molecule has 0 aliphatic rings. The third-order valence-electron chi connectivity index (χ3n) is 2.93. The summed E-state index contributed by atoms with van der Waals surface area (Å²) in [4.78, 5) is 0. The van der Waals surface area contributed by atoms with E-state index in [-0.39, 0.29) is 12.1 Å². The maximum Gasteiger partial charge on any atom is 0.0900 e. The first-order valence-corrected chi connectivity index (χ1v) is 7.58. The Balaban J connectivity index is 2.55. The van der Waals surface area contributed by atoms with Gasteiger partial charge < -0.3 is 0 Å². The maximum absolute atomic E-state index is 5.77. The van der Waals surface area contributed by atoms with Crippen LogP contribution < -0.4 is 11.3 Å². The van der Waals surface area contributed by atoms with Gasteiger partial charge in [0.2, 0.25) is 0 Å². The minimum absolute atomic E-state index is 0.130. The average Bonchev–Trinajstić information content (AvgIpc) is 2.75. The normalized spacial score (nSPS) is 12.9. The molecule has 1 aromatic carbocycles. The van der Waals surface area contributed by atoms with Crippen LogP contribution in [0.25, 0.3) is 0 Å². The molecule has 3 N–H and O–H groups in total. The molecule has 19 heavy (non-hydrogen) atoms. The van der Waals surface area contributed by atoms with Crippen LogP contribution in [0.1, 0.15) is 37.2 Å². The fourth-order valence-corrected chi connectivity index (χ4v) is 3.07. The number of hydrogen-bond acceptors (Lipinski definition) is 3. The highest BCUT2D eigenvalue weighted by molar-refractivity contribution is 9.10. The minimum Gasteiger partial charge on any atom is -0.271 e. The van der Waals surface area contributed by atoms with E-state index in [1.807, 2.05) is 28.9 Å². The smallest absolute Gasteiger partial charge is 0.0900 e. The Kier molecular flexibility index (Phi) is 4.78. The molecule has 0 aliphatic heterocycles. The van der Waals surface area contributed by atoms with Gasteiger partial charge in [-0.2, -0.15) is 5.10 Å². The van der Waals surface area contributed by atoms with Gasteiger partial charge in [0, 0.05) is 10.5 Å². The van der Waals surface area contributed by atoms with E-state index in [0.717, 1.165) is 20.2 Å². The van der Waals surface area contributed by atoms with E-state index in [0.29, 0.717) is 0 Å². The molecule has 1 unspecified atom stereocenters. The largest absolute Gasteiger partial charge is 0.271 e. The van der Waals surface area contributed by atoms with E-state index in [9.17, 15) is 0 Å². The molecule has 1 aromatic heterocycles. The first-order chi connectivity index (χ1) is 9.06. The topological polar surface area (TPSA) is 55.9 Å². The highest BCUT2D eigenvalue weighted by atomic mass is 79.9. The number of nitrogens with two attached hydrogens (primary N) is 1. The lowest BCUT2D eigenvalue weighted by Crippen LogP contribution is -2.31. The van der Waals surface area contributed by atoms with Crippen molar-refractivity contribution in [2.75, 3.05) is 0 Å². The van der Waals surface area contributed by atoms with Crippen LogP contribution in [0.3, 0.4) is 0 Å². The van der Waals surface area contributed by atoms with Crippen LogP contribution >= 0.6 is 31.9 Å². The van der Waals surface area contributed by atoms with Crippen molar-refractivity contribution in [3.05, 3.63) is 50.7 Å². The van der Waals surface area contributed by atoms with Gasteiger partial charge in [-0.3, -0.25) is 10.5 Å². The van der Waals surface area contributed by atoms with Gasteiger partial charge in [-0.1, -0.05) is 34.1 Å². The van der Waals surface area contributed by atoms with Crippen molar-refractivity contribution in [2.24, 2.45) is 5.84 Å². The molecule has 1 heterocycles. The fourth-order valence-electron chi connectivity index (χ4n) is 2.06. The van der Waals surface area contributed by atoms with Crippen LogP contribution in [0, 0.1) is 0 Å². The Hall–Kier alpha value is -0.690. The SMILES string of the molecule is CC(C)n1ncc(Br)c1C(NN)c1ccccc1Br. The number of benzene rings is 1. The summed E-state index contributed by atoms with van der Waals surface area (Å²) >= 11 is 7.12. The monoisotopic (exact) mass is 386 g/mol. The van der Waals surface area contributed by atoms with Crippen molar-refractivity contribution in [3.63, 3.8) is 0 Å². The summed E-state index contributed by atoms with van der Waals surface area (Å²) in [5.74, 6) is 5.77. The maximum atomic E-state index is 5.77.